The Hall–Kier alpha value is -0.320. The first-order chi connectivity index (χ1) is 7.79. The van der Waals surface area contributed by atoms with Gasteiger partial charge >= 0.3 is 0 Å². The van der Waals surface area contributed by atoms with Crippen molar-refractivity contribution in [1.29, 1.82) is 0 Å². The van der Waals surface area contributed by atoms with Crippen LogP contribution in [-0.4, -0.2) is 43.3 Å². The third-order valence-corrected chi connectivity index (χ3v) is 3.35. The van der Waals surface area contributed by atoms with E-state index in [1.165, 1.54) is 0 Å². The maximum atomic E-state index is 11.4. The molecule has 0 spiro atoms. The van der Waals surface area contributed by atoms with E-state index in [0.29, 0.717) is 25.5 Å². The third kappa shape index (κ3) is 3.09. The Morgan fingerprint density at radius 1 is 1.25 bits per heavy atom. The van der Waals surface area contributed by atoms with E-state index < -0.39 is 0 Å². The minimum atomic E-state index is 0.0372. The quantitative estimate of drug-likeness (QED) is 0.759. The van der Waals surface area contributed by atoms with Gasteiger partial charge in [0.25, 0.3) is 0 Å². The van der Waals surface area contributed by atoms with E-state index in [-0.39, 0.29) is 24.2 Å². The molecule has 1 aliphatic heterocycles. The molecule has 3 atom stereocenters. The summed E-state index contributed by atoms with van der Waals surface area (Å²) in [4.78, 5) is 11.4. The van der Waals surface area contributed by atoms with Crippen LogP contribution in [0.2, 0.25) is 0 Å². The second-order valence-electron chi connectivity index (χ2n) is 4.33. The first-order valence-electron chi connectivity index (χ1n) is 5.88. The number of rotatable bonds is 3. The predicted molar refractivity (Wildman–Crippen MR) is 60.6 cm³/mol. The molecule has 1 saturated carbocycles. The standard InChI is InChI=1S/C11H18ClNO3/c12-4-3-11(14)13-8-1-2-9-10(7-8)16-6-5-15-9/h8-10H,1-7H2,(H,13,14). The summed E-state index contributed by atoms with van der Waals surface area (Å²) in [6.45, 7) is 1.37. The van der Waals surface area contributed by atoms with Crippen LogP contribution in [-0.2, 0) is 14.3 Å². The van der Waals surface area contributed by atoms with Crippen molar-refractivity contribution in [2.75, 3.05) is 19.1 Å². The van der Waals surface area contributed by atoms with Crippen LogP contribution in [0.4, 0.5) is 0 Å². The van der Waals surface area contributed by atoms with Gasteiger partial charge in [-0.15, -0.1) is 11.6 Å². The molecule has 2 rings (SSSR count). The van der Waals surface area contributed by atoms with Crippen LogP contribution in [0.5, 0.6) is 0 Å². The highest BCUT2D eigenvalue weighted by atomic mass is 35.5. The van der Waals surface area contributed by atoms with Crippen LogP contribution < -0.4 is 5.32 Å². The first-order valence-corrected chi connectivity index (χ1v) is 6.41. The largest absolute Gasteiger partial charge is 0.373 e. The zero-order chi connectivity index (χ0) is 11.4. The van der Waals surface area contributed by atoms with Gasteiger partial charge in [0, 0.05) is 18.3 Å². The van der Waals surface area contributed by atoms with Gasteiger partial charge in [-0.1, -0.05) is 0 Å². The molecule has 2 aliphatic rings. The van der Waals surface area contributed by atoms with Gasteiger partial charge in [0.2, 0.25) is 5.91 Å². The molecule has 1 aliphatic carbocycles. The Morgan fingerprint density at radius 3 is 2.75 bits per heavy atom. The van der Waals surface area contributed by atoms with Gasteiger partial charge in [0.1, 0.15) is 0 Å². The fourth-order valence-electron chi connectivity index (χ4n) is 2.38. The van der Waals surface area contributed by atoms with Crippen molar-refractivity contribution >= 4 is 17.5 Å². The summed E-state index contributed by atoms with van der Waals surface area (Å²) in [7, 11) is 0. The molecule has 1 heterocycles. The number of carbonyl (C=O) groups is 1. The number of fused-ring (bicyclic) bond motifs is 1. The van der Waals surface area contributed by atoms with Gasteiger partial charge in [-0.05, 0) is 19.3 Å². The van der Waals surface area contributed by atoms with Crippen molar-refractivity contribution in [2.45, 2.75) is 43.9 Å². The Morgan fingerprint density at radius 2 is 2.00 bits per heavy atom. The Labute approximate surface area is 101 Å². The van der Waals surface area contributed by atoms with Crippen LogP contribution in [0, 0.1) is 0 Å². The average molecular weight is 248 g/mol. The van der Waals surface area contributed by atoms with Gasteiger partial charge in [-0.2, -0.15) is 0 Å². The SMILES string of the molecule is O=C(CCCl)NC1CCC2OCCOC2C1. The lowest BCUT2D eigenvalue weighted by atomic mass is 9.89. The highest BCUT2D eigenvalue weighted by Crippen LogP contribution is 2.26. The first kappa shape index (κ1) is 12.1. The van der Waals surface area contributed by atoms with E-state index in [4.69, 9.17) is 21.1 Å². The van der Waals surface area contributed by atoms with E-state index in [2.05, 4.69) is 5.32 Å². The molecule has 1 amide bonds. The highest BCUT2D eigenvalue weighted by Gasteiger charge is 2.34. The summed E-state index contributed by atoms with van der Waals surface area (Å²) in [5.74, 6) is 0.416. The van der Waals surface area contributed by atoms with Gasteiger partial charge < -0.3 is 14.8 Å². The molecule has 0 aromatic carbocycles. The van der Waals surface area contributed by atoms with Gasteiger partial charge in [-0.25, -0.2) is 0 Å². The van der Waals surface area contributed by atoms with Gasteiger partial charge in [-0.3, -0.25) is 4.79 Å². The van der Waals surface area contributed by atoms with Crippen molar-refractivity contribution in [1.82, 2.24) is 5.32 Å². The molecule has 1 saturated heterocycles. The molecule has 0 aromatic rings. The van der Waals surface area contributed by atoms with Crippen LogP contribution in [0.3, 0.4) is 0 Å². The van der Waals surface area contributed by atoms with Crippen molar-refractivity contribution in [3.8, 4) is 0 Å². The fraction of sp³-hybridized carbons (Fsp3) is 0.909. The van der Waals surface area contributed by atoms with Crippen LogP contribution in [0.15, 0.2) is 0 Å². The van der Waals surface area contributed by atoms with Crippen molar-refractivity contribution in [3.05, 3.63) is 0 Å². The molecular weight excluding hydrogens is 230 g/mol. The molecule has 2 fully saturated rings. The summed E-state index contributed by atoms with van der Waals surface area (Å²) < 4.78 is 11.3. The number of hydrogen-bond acceptors (Lipinski definition) is 3. The lowest BCUT2D eigenvalue weighted by Gasteiger charge is -2.39. The van der Waals surface area contributed by atoms with Crippen molar-refractivity contribution < 1.29 is 14.3 Å². The van der Waals surface area contributed by atoms with Gasteiger partial charge in [0.15, 0.2) is 0 Å². The lowest BCUT2D eigenvalue weighted by Crippen LogP contribution is -2.49. The summed E-state index contributed by atoms with van der Waals surface area (Å²) in [6.07, 6.45) is 3.58. The summed E-state index contributed by atoms with van der Waals surface area (Å²) in [5.41, 5.74) is 0. The third-order valence-electron chi connectivity index (χ3n) is 3.16. The molecule has 92 valence electrons. The van der Waals surface area contributed by atoms with Crippen molar-refractivity contribution in [3.63, 3.8) is 0 Å². The number of carbonyl (C=O) groups excluding carboxylic acids is 1. The van der Waals surface area contributed by atoms with E-state index in [1.807, 2.05) is 0 Å². The number of alkyl halides is 1. The molecule has 0 bridgehead atoms. The summed E-state index contributed by atoms with van der Waals surface area (Å²) >= 11 is 5.52. The van der Waals surface area contributed by atoms with E-state index in [1.54, 1.807) is 0 Å². The van der Waals surface area contributed by atoms with E-state index in [0.717, 1.165) is 19.3 Å². The Balaban J connectivity index is 1.78. The molecule has 5 heteroatoms. The molecule has 3 unspecified atom stereocenters. The minimum Gasteiger partial charge on any atom is -0.373 e. The highest BCUT2D eigenvalue weighted by molar-refractivity contribution is 6.18. The average Bonchev–Trinajstić information content (AvgIpc) is 2.29. The van der Waals surface area contributed by atoms with E-state index >= 15 is 0 Å². The second kappa shape index (κ2) is 5.84. The number of hydrogen-bond donors (Lipinski definition) is 1. The number of nitrogens with one attached hydrogen (secondary N) is 1. The number of ether oxygens (including phenoxy) is 2. The zero-order valence-corrected chi connectivity index (χ0v) is 10.0. The Bertz CT molecular complexity index is 249. The monoisotopic (exact) mass is 247 g/mol. The van der Waals surface area contributed by atoms with Crippen LogP contribution in [0.1, 0.15) is 25.7 Å². The molecule has 16 heavy (non-hydrogen) atoms. The predicted octanol–water partition coefficient (Wildman–Crippen LogP) is 1.07. The number of amides is 1. The fourth-order valence-corrected chi connectivity index (χ4v) is 2.55. The summed E-state index contributed by atoms with van der Waals surface area (Å²) in [6, 6.07) is 0.221. The smallest absolute Gasteiger partial charge is 0.221 e. The van der Waals surface area contributed by atoms with Crippen LogP contribution >= 0.6 is 11.6 Å². The molecule has 0 aromatic heterocycles. The molecule has 4 nitrogen and oxygen atoms in total. The number of halogens is 1. The minimum absolute atomic E-state index is 0.0372. The van der Waals surface area contributed by atoms with Crippen molar-refractivity contribution in [2.24, 2.45) is 0 Å². The second-order valence-corrected chi connectivity index (χ2v) is 4.71. The lowest BCUT2D eigenvalue weighted by molar-refractivity contribution is -0.158. The van der Waals surface area contributed by atoms with Gasteiger partial charge in [0.05, 0.1) is 25.4 Å². The molecule has 0 radical (unpaired) electrons. The summed E-state index contributed by atoms with van der Waals surface area (Å²) in [5, 5.41) is 2.99. The molecule has 1 N–H and O–H groups in total. The topological polar surface area (TPSA) is 47.6 Å². The maximum Gasteiger partial charge on any atom is 0.221 e. The molecular formula is C11H18ClNO3. The van der Waals surface area contributed by atoms with Crippen LogP contribution in [0.25, 0.3) is 0 Å². The van der Waals surface area contributed by atoms with E-state index in [9.17, 15) is 4.79 Å². The normalized spacial score (nSPS) is 34.2. The Kier molecular flexibility index (Phi) is 4.44. The maximum absolute atomic E-state index is 11.4. The zero-order valence-electron chi connectivity index (χ0n) is 9.28.